The quantitative estimate of drug-likeness (QED) is 0.381. The van der Waals surface area contributed by atoms with E-state index in [2.05, 4.69) is 77.0 Å². The maximum Gasteiger partial charge on any atom is -0.0000000000430 e. The molecule has 0 rings (SSSR count). The van der Waals surface area contributed by atoms with Crippen LogP contribution in [0.25, 0.3) is 0 Å². The van der Waals surface area contributed by atoms with Crippen LogP contribution in [0.15, 0.2) is 0 Å². The first-order valence-electron chi connectivity index (χ1n) is 3.79. The maximum atomic E-state index is 6.46. The Bertz CT molecular complexity index is 627. The molecule has 0 aromatic rings. The Morgan fingerprint density at radius 2 is 0.812 bits per heavy atom. The molecule has 0 radical (unpaired) electrons. The van der Waals surface area contributed by atoms with E-state index in [-0.39, 0.29) is 0 Å². The molecule has 66 valence electrons. The first-order valence-corrected chi connectivity index (χ1v) is 3.79. The van der Waals surface area contributed by atoms with E-state index in [1.807, 2.05) is 5.92 Å². The Morgan fingerprint density at radius 3 is 1.12 bits per heavy atom. The third kappa shape index (κ3) is 10.5. The zero-order valence-corrected chi connectivity index (χ0v) is 8.08. The van der Waals surface area contributed by atoms with Crippen molar-refractivity contribution in [3.63, 3.8) is 0 Å². The highest BCUT2D eigenvalue weighted by Crippen LogP contribution is 1.56. The monoisotopic (exact) mass is 193 g/mol. The van der Waals surface area contributed by atoms with E-state index in [0.717, 1.165) is 0 Å². The SMILES string of the molecule is [C-]#CC#CC#CC#CC#CC#CC#CC#C. The molecule has 0 fully saturated rings. The van der Waals surface area contributed by atoms with E-state index in [9.17, 15) is 0 Å². The molecule has 0 bridgehead atoms. The highest BCUT2D eigenvalue weighted by molar-refractivity contribution is 5.45. The van der Waals surface area contributed by atoms with Crippen molar-refractivity contribution >= 4 is 0 Å². The summed E-state index contributed by atoms with van der Waals surface area (Å²) in [4.78, 5) is 0. The summed E-state index contributed by atoms with van der Waals surface area (Å²) in [6.45, 7) is 0. The second-order valence-corrected chi connectivity index (χ2v) is 1.77. The Morgan fingerprint density at radius 1 is 0.500 bits per heavy atom. The van der Waals surface area contributed by atoms with Crippen molar-refractivity contribution in [2.45, 2.75) is 0 Å². The molecule has 0 aromatic heterocycles. The molecule has 0 aliphatic rings. The summed E-state index contributed by atoms with van der Waals surface area (Å²) in [5.74, 6) is 32.7. The van der Waals surface area contributed by atoms with Crippen LogP contribution in [-0.2, 0) is 0 Å². The van der Waals surface area contributed by atoms with Crippen molar-refractivity contribution in [3.05, 3.63) is 6.42 Å². The van der Waals surface area contributed by atoms with Gasteiger partial charge in [-0.15, -0.1) is 12.3 Å². The molecule has 0 heterocycles. The minimum absolute atomic E-state index is 1.87. The van der Waals surface area contributed by atoms with Gasteiger partial charge in [-0.05, 0) is 65.1 Å². The van der Waals surface area contributed by atoms with Gasteiger partial charge in [0.25, 0.3) is 0 Å². The second-order valence-electron chi connectivity index (χ2n) is 1.77. The normalized spacial score (nSPS) is 3.62. The molecule has 0 N–H and O–H groups in total. The van der Waals surface area contributed by atoms with Gasteiger partial charge in [-0.1, -0.05) is 0 Å². The molecule has 0 atom stereocenters. The largest absolute Gasteiger partial charge is 0.358 e. The van der Waals surface area contributed by atoms with Crippen molar-refractivity contribution in [2.75, 3.05) is 0 Å². The van der Waals surface area contributed by atoms with Crippen molar-refractivity contribution in [3.8, 4) is 89.3 Å². The number of hydrogen-bond acceptors (Lipinski definition) is 0. The average Bonchev–Trinajstić information content (AvgIpc) is 2.31. The average molecular weight is 193 g/mol. The zero-order chi connectivity index (χ0) is 11.9. The molecule has 0 spiro atoms. The lowest BCUT2D eigenvalue weighted by Gasteiger charge is -1.63. The summed E-state index contributed by atoms with van der Waals surface area (Å²) in [7, 11) is 0. The lowest BCUT2D eigenvalue weighted by atomic mass is 10.5. The molecule has 0 aliphatic heterocycles. The van der Waals surface area contributed by atoms with E-state index < -0.39 is 0 Å². The Hall–Kier alpha value is -3.52. The highest BCUT2D eigenvalue weighted by atomic mass is 13.6. The zero-order valence-electron chi connectivity index (χ0n) is 8.08. The molecule has 0 heteroatoms. The van der Waals surface area contributed by atoms with Crippen LogP contribution in [0.5, 0.6) is 0 Å². The van der Waals surface area contributed by atoms with E-state index in [0.29, 0.717) is 0 Å². The predicted octanol–water partition coefficient (Wildman–Crippen LogP) is 0.230. The number of terminal acetylenes is 1. The molecule has 0 aromatic carbocycles. The Kier molecular flexibility index (Phi) is 8.95. The summed E-state index contributed by atoms with van der Waals surface area (Å²) in [5, 5.41) is 0. The van der Waals surface area contributed by atoms with Crippen LogP contribution in [0.2, 0.25) is 0 Å². The van der Waals surface area contributed by atoms with Gasteiger partial charge in [0.2, 0.25) is 0 Å². The predicted molar refractivity (Wildman–Crippen MR) is 62.6 cm³/mol. The van der Waals surface area contributed by atoms with Crippen molar-refractivity contribution in [1.82, 2.24) is 0 Å². The lowest BCUT2D eigenvalue weighted by molar-refractivity contribution is 2.33. The summed E-state index contributed by atoms with van der Waals surface area (Å²) in [5.41, 5.74) is 0. The van der Waals surface area contributed by atoms with Gasteiger partial charge in [0.05, 0.1) is 0 Å². The van der Waals surface area contributed by atoms with Gasteiger partial charge in [0.15, 0.2) is 0 Å². The molecular weight excluding hydrogens is 192 g/mol. The van der Waals surface area contributed by atoms with E-state index >= 15 is 0 Å². The van der Waals surface area contributed by atoms with E-state index in [1.54, 1.807) is 0 Å². The second kappa shape index (κ2) is 11.5. The molecular formula is C16H-. The van der Waals surface area contributed by atoms with Crippen LogP contribution in [-0.4, -0.2) is 0 Å². The van der Waals surface area contributed by atoms with Gasteiger partial charge in [0.1, 0.15) is 0 Å². The van der Waals surface area contributed by atoms with Crippen molar-refractivity contribution < 1.29 is 0 Å². The van der Waals surface area contributed by atoms with Crippen LogP contribution >= 0.6 is 0 Å². The van der Waals surface area contributed by atoms with Crippen LogP contribution < -0.4 is 0 Å². The summed E-state index contributed by atoms with van der Waals surface area (Å²) in [6.07, 6.45) is 11.3. The van der Waals surface area contributed by atoms with Gasteiger partial charge in [-0.25, -0.2) is 5.92 Å². The number of rotatable bonds is 0. The van der Waals surface area contributed by atoms with E-state index in [1.165, 1.54) is 0 Å². The summed E-state index contributed by atoms with van der Waals surface area (Å²) < 4.78 is 0. The van der Waals surface area contributed by atoms with Gasteiger partial charge < -0.3 is 6.42 Å². The minimum Gasteiger partial charge on any atom is -0.358 e. The maximum absolute atomic E-state index is 6.46. The van der Waals surface area contributed by atoms with Gasteiger partial charge in [-0.2, -0.15) is 0 Å². The molecule has 0 nitrogen and oxygen atoms in total. The van der Waals surface area contributed by atoms with Crippen LogP contribution in [0.4, 0.5) is 0 Å². The standard InChI is InChI=1S/C16H/c1-3-5-7-9-11-13-15-16-14-12-10-8-6-4-2/h1H/q-1. The minimum atomic E-state index is 1.87. The smallest absolute Gasteiger partial charge is 0.0000000000430 e. The fourth-order valence-electron chi connectivity index (χ4n) is 0.380. The van der Waals surface area contributed by atoms with Crippen LogP contribution in [0, 0.1) is 95.7 Å². The third-order valence-corrected chi connectivity index (χ3v) is 0.822. The molecule has 0 amide bonds. The fourth-order valence-corrected chi connectivity index (χ4v) is 0.380. The van der Waals surface area contributed by atoms with Gasteiger partial charge >= 0.3 is 0 Å². The topological polar surface area (TPSA) is 0 Å². The van der Waals surface area contributed by atoms with Crippen molar-refractivity contribution in [2.24, 2.45) is 0 Å². The molecule has 0 saturated carbocycles. The summed E-state index contributed by atoms with van der Waals surface area (Å²) >= 11 is 0. The molecule has 16 heavy (non-hydrogen) atoms. The molecule has 0 saturated heterocycles. The fraction of sp³-hybridized carbons (Fsp3) is 0. The van der Waals surface area contributed by atoms with Crippen molar-refractivity contribution in [1.29, 1.82) is 0 Å². The van der Waals surface area contributed by atoms with Gasteiger partial charge in [0, 0.05) is 0 Å². The number of hydrogen-bond donors (Lipinski definition) is 0. The van der Waals surface area contributed by atoms with Crippen LogP contribution in [0.1, 0.15) is 0 Å². The first-order chi connectivity index (χ1) is 7.91. The van der Waals surface area contributed by atoms with Gasteiger partial charge in [-0.3, -0.25) is 5.92 Å². The first kappa shape index (κ1) is 12.5. The third-order valence-electron chi connectivity index (χ3n) is 0.822. The Balaban J connectivity index is 4.26. The lowest BCUT2D eigenvalue weighted by Crippen LogP contribution is -1.55. The van der Waals surface area contributed by atoms with E-state index in [4.69, 9.17) is 12.8 Å². The summed E-state index contributed by atoms with van der Waals surface area (Å²) in [6, 6.07) is 0. The highest BCUT2D eigenvalue weighted by Gasteiger charge is 1.55. The molecule has 0 unspecified atom stereocenters. The van der Waals surface area contributed by atoms with Crippen LogP contribution in [0.3, 0.4) is 0 Å². The molecule has 0 aliphatic carbocycles. The Labute approximate surface area is 96.2 Å².